The number of carbonyl (C=O) groups is 1. The molecule has 13 heteroatoms. The molecule has 0 fully saturated rings. The Hall–Kier alpha value is -2.70. The number of anilines is 1. The number of nitrogens with zero attached hydrogens (tertiary/aromatic N) is 2. The van der Waals surface area contributed by atoms with Crippen molar-refractivity contribution in [3.05, 3.63) is 81.8 Å². The van der Waals surface area contributed by atoms with Crippen molar-refractivity contribution in [3.8, 4) is 11.5 Å². The first kappa shape index (κ1) is 31.8. The van der Waals surface area contributed by atoms with Crippen LogP contribution >= 0.6 is 23.2 Å². The van der Waals surface area contributed by atoms with Crippen LogP contribution in [0.5, 0.6) is 11.5 Å². The number of hydrogen-bond acceptors (Lipinski definition) is 7. The first-order valence-corrected chi connectivity index (χ1v) is 13.9. The number of ether oxygens (including phenoxy) is 1. The van der Waals surface area contributed by atoms with E-state index < -0.39 is 26.7 Å². The molecule has 0 aliphatic heterocycles. The van der Waals surface area contributed by atoms with Crippen LogP contribution in [0.4, 0.5) is 17.1 Å². The number of azo groups is 1. The molecule has 4 rings (SSSR count). The number of halogens is 2. The number of rotatable bonds is 8. The van der Waals surface area contributed by atoms with E-state index in [2.05, 4.69) is 15.5 Å². The van der Waals surface area contributed by atoms with Crippen LogP contribution in [0.25, 0.3) is 10.8 Å². The third-order valence-electron chi connectivity index (χ3n) is 5.74. The third-order valence-corrected chi connectivity index (χ3v) is 7.16. The topological polar surface area (TPSA) is 140 Å². The zero-order chi connectivity index (χ0) is 28.3. The van der Waals surface area contributed by atoms with Crippen molar-refractivity contribution in [2.45, 2.75) is 25.2 Å². The van der Waals surface area contributed by atoms with E-state index in [1.165, 1.54) is 12.1 Å². The van der Waals surface area contributed by atoms with Crippen molar-refractivity contribution in [2.24, 2.45) is 10.2 Å². The van der Waals surface area contributed by atoms with Crippen molar-refractivity contribution in [2.75, 3.05) is 11.9 Å². The smallest absolute Gasteiger partial charge is 0.870 e. The van der Waals surface area contributed by atoms with Crippen LogP contribution in [-0.4, -0.2) is 25.5 Å². The number of amides is 1. The van der Waals surface area contributed by atoms with Gasteiger partial charge >= 0.3 is 29.6 Å². The predicted octanol–water partition coefficient (Wildman–Crippen LogP) is 4.10. The molecular weight excluding hydrogens is 588 g/mol. The molecule has 2 N–H and O–H groups in total. The zero-order valence-corrected chi connectivity index (χ0v) is 26.1. The monoisotopic (exact) mass is 609 g/mol. The first-order chi connectivity index (χ1) is 18.5. The summed E-state index contributed by atoms with van der Waals surface area (Å²) in [6, 6.07) is 15.4. The maximum atomic E-state index is 13.5. The van der Waals surface area contributed by atoms with Gasteiger partial charge < -0.3 is 15.2 Å². The van der Waals surface area contributed by atoms with E-state index in [0.717, 1.165) is 6.07 Å². The van der Waals surface area contributed by atoms with Crippen molar-refractivity contribution in [1.29, 1.82) is 0 Å². The fourth-order valence-electron chi connectivity index (χ4n) is 3.93. The Morgan fingerprint density at radius 1 is 1.02 bits per heavy atom. The van der Waals surface area contributed by atoms with Crippen LogP contribution in [-0.2, 0) is 16.5 Å². The normalized spacial score (nSPS) is 11.4. The number of nitrogens with one attached hydrogen (secondary N) is 1. The van der Waals surface area contributed by atoms with E-state index in [1.807, 2.05) is 6.92 Å². The fourth-order valence-corrected chi connectivity index (χ4v) is 5.09. The van der Waals surface area contributed by atoms with Crippen LogP contribution in [0.3, 0.4) is 0 Å². The summed E-state index contributed by atoms with van der Waals surface area (Å²) >= 11 is 12.3. The Labute approximate surface area is 263 Å². The fraction of sp³-hybridized carbons (Fsp3) is 0.148. The summed E-state index contributed by atoms with van der Waals surface area (Å²) in [6.45, 7) is 3.96. The number of carbonyl (C=O) groups excluding carboxylic acids is 1. The molecule has 0 bridgehead atoms. The van der Waals surface area contributed by atoms with E-state index in [9.17, 15) is 22.9 Å². The summed E-state index contributed by atoms with van der Waals surface area (Å²) in [6.07, 6.45) is 0.312. The second kappa shape index (κ2) is 13.3. The standard InChI is InChI=1S/C27H23Cl2N3O6S.Na/c1-3-15-11-17(28)13-23(39(35,36)37)24(15)31-32-25-19-8-6-5-7-16(19)12-20(26(25)33)27(34)30-22-14-18(38-4-2)9-10-21(22)29;/h5-14,33H,3-4H2,1-2H3,(H,30,34)(H,35,36,37);/q;+1/p-1. The summed E-state index contributed by atoms with van der Waals surface area (Å²) in [5.74, 6) is -0.999. The van der Waals surface area contributed by atoms with Gasteiger partial charge in [0.15, 0.2) is 0 Å². The summed E-state index contributed by atoms with van der Waals surface area (Å²) < 4.78 is 39.3. The predicted molar refractivity (Wildman–Crippen MR) is 149 cm³/mol. The number of hydrogen-bond donors (Lipinski definition) is 2. The third kappa shape index (κ3) is 6.95. The summed E-state index contributed by atoms with van der Waals surface area (Å²) in [5, 5.41) is 25.5. The molecule has 1 amide bonds. The average molecular weight is 610 g/mol. The molecule has 0 spiro atoms. The van der Waals surface area contributed by atoms with Crippen LogP contribution in [0.1, 0.15) is 29.8 Å². The molecule has 0 aliphatic rings. The molecular formula is C27H22Cl2N3NaO6S. The Morgan fingerprint density at radius 2 is 1.73 bits per heavy atom. The number of aryl methyl sites for hydroxylation is 1. The molecule has 0 unspecified atom stereocenters. The second-order valence-corrected chi connectivity index (χ2v) is 10.5. The van der Waals surface area contributed by atoms with E-state index >= 15 is 0 Å². The number of benzene rings is 4. The van der Waals surface area contributed by atoms with Gasteiger partial charge in [-0.25, -0.2) is 0 Å². The van der Waals surface area contributed by atoms with Gasteiger partial charge in [0, 0.05) is 22.0 Å². The molecule has 0 saturated heterocycles. The van der Waals surface area contributed by atoms with Crippen LogP contribution in [0.15, 0.2) is 75.8 Å². The molecule has 4 aromatic carbocycles. The minimum Gasteiger partial charge on any atom is -0.870 e. The number of fused-ring (bicyclic) bond motifs is 1. The van der Waals surface area contributed by atoms with E-state index in [1.54, 1.807) is 49.4 Å². The van der Waals surface area contributed by atoms with E-state index in [0.29, 0.717) is 35.1 Å². The Bertz CT molecular complexity index is 1730. The minimum absolute atomic E-state index is 0. The van der Waals surface area contributed by atoms with Crippen molar-refractivity contribution in [1.82, 2.24) is 0 Å². The Morgan fingerprint density at radius 3 is 2.40 bits per heavy atom. The van der Waals surface area contributed by atoms with Gasteiger partial charge in [0.25, 0.3) is 16.0 Å². The molecule has 0 heterocycles. The molecule has 40 heavy (non-hydrogen) atoms. The average Bonchev–Trinajstić information content (AvgIpc) is 2.89. The van der Waals surface area contributed by atoms with Crippen molar-refractivity contribution >= 4 is 67.1 Å². The van der Waals surface area contributed by atoms with Crippen molar-refractivity contribution < 1.29 is 57.2 Å². The largest absolute Gasteiger partial charge is 1.00 e. The molecule has 0 atom stereocenters. The maximum Gasteiger partial charge on any atom is 1.00 e. The van der Waals surface area contributed by atoms with Gasteiger partial charge in [-0.1, -0.05) is 60.1 Å². The Balaban J connectivity index is 0.00000441. The Kier molecular flexibility index (Phi) is 10.6. The molecule has 0 radical (unpaired) electrons. The van der Waals surface area contributed by atoms with Crippen LogP contribution in [0.2, 0.25) is 10.0 Å². The molecule has 0 saturated carbocycles. The molecule has 0 aromatic heterocycles. The molecule has 202 valence electrons. The van der Waals surface area contributed by atoms with Crippen LogP contribution < -0.4 is 44.7 Å². The maximum absolute atomic E-state index is 13.5. The summed E-state index contributed by atoms with van der Waals surface area (Å²) in [5.41, 5.74) is 0.0403. The van der Waals surface area contributed by atoms with Gasteiger partial charge in [-0.3, -0.25) is 9.35 Å². The van der Waals surface area contributed by atoms with Gasteiger partial charge in [0.2, 0.25) is 0 Å². The first-order valence-electron chi connectivity index (χ1n) is 11.7. The SMILES string of the molecule is CCOc1ccc(Cl)c(NC(=O)c2cc3ccccc3c(N=Nc3c(CC)cc(Cl)cc3S(=O)(=O)O)c2[O-])c1.[Na+]. The van der Waals surface area contributed by atoms with Crippen LogP contribution in [0, 0.1) is 0 Å². The molecule has 9 nitrogen and oxygen atoms in total. The van der Waals surface area contributed by atoms with Gasteiger partial charge in [-0.05, 0) is 54.6 Å². The van der Waals surface area contributed by atoms with E-state index in [-0.39, 0.29) is 62.2 Å². The zero-order valence-electron chi connectivity index (χ0n) is 21.7. The van der Waals surface area contributed by atoms with Gasteiger partial charge in [-0.15, -0.1) is 5.11 Å². The van der Waals surface area contributed by atoms with Gasteiger partial charge in [0.05, 0.1) is 23.0 Å². The van der Waals surface area contributed by atoms with E-state index in [4.69, 9.17) is 27.9 Å². The molecule has 4 aromatic rings. The quantitative estimate of drug-likeness (QED) is 0.175. The van der Waals surface area contributed by atoms with Gasteiger partial charge in [0.1, 0.15) is 16.3 Å². The second-order valence-electron chi connectivity index (χ2n) is 8.29. The summed E-state index contributed by atoms with van der Waals surface area (Å²) in [4.78, 5) is 12.7. The summed E-state index contributed by atoms with van der Waals surface area (Å²) in [7, 11) is -4.72. The molecule has 0 aliphatic carbocycles. The minimum atomic E-state index is -4.72. The van der Waals surface area contributed by atoms with Gasteiger partial charge in [-0.2, -0.15) is 13.5 Å². The van der Waals surface area contributed by atoms with Crippen molar-refractivity contribution in [3.63, 3.8) is 0 Å².